The quantitative estimate of drug-likeness (QED) is 0.165. The second kappa shape index (κ2) is 11.2. The summed E-state index contributed by atoms with van der Waals surface area (Å²) in [4.78, 5) is 4.94. The van der Waals surface area contributed by atoms with Crippen LogP contribution in [0, 0.1) is 0 Å². The summed E-state index contributed by atoms with van der Waals surface area (Å²) in [7, 11) is 0. The highest BCUT2D eigenvalue weighted by Crippen LogP contribution is 2.57. The molecule has 0 saturated carbocycles. The predicted molar refractivity (Wildman–Crippen MR) is 233 cm³/mol. The zero-order chi connectivity index (χ0) is 36.4. The van der Waals surface area contributed by atoms with Crippen LogP contribution in [-0.2, 0) is 5.41 Å². The van der Waals surface area contributed by atoms with Gasteiger partial charge in [-0.1, -0.05) is 123 Å². The standard InChI is InChI=1S/C51H34N2OS/c1-51(2)39-20-8-9-21-41(39)52(46-30-50-38(27-40(46)51)35-19-7-14-26-49(35)55-50)44-28-36-32-16-4-6-18-34(32)45(29-37(36)31-15-3-5-17-33(31)44)53-42-22-10-12-24-47(42)54-48-25-13-11-23-43(48)53/h3-30H,1-2H3. The lowest BCUT2D eigenvalue weighted by Gasteiger charge is -2.42. The molecule has 2 aliphatic rings. The van der Waals surface area contributed by atoms with Crippen molar-refractivity contribution < 1.29 is 4.74 Å². The summed E-state index contributed by atoms with van der Waals surface area (Å²) in [6, 6.07) is 62.2. The molecule has 10 aromatic rings. The van der Waals surface area contributed by atoms with Crippen molar-refractivity contribution in [3.05, 3.63) is 181 Å². The van der Waals surface area contributed by atoms with Crippen molar-refractivity contribution in [2.24, 2.45) is 0 Å². The summed E-state index contributed by atoms with van der Waals surface area (Å²) in [5, 5.41) is 9.97. The van der Waals surface area contributed by atoms with Crippen molar-refractivity contribution in [3.8, 4) is 11.5 Å². The number of benzene rings is 9. The molecule has 4 heteroatoms. The lowest BCUT2D eigenvalue weighted by atomic mass is 9.73. The van der Waals surface area contributed by atoms with Crippen LogP contribution in [0.2, 0.25) is 0 Å². The first kappa shape index (κ1) is 30.8. The summed E-state index contributed by atoms with van der Waals surface area (Å²) >= 11 is 1.89. The number of ether oxygens (including phenoxy) is 1. The highest BCUT2D eigenvalue weighted by molar-refractivity contribution is 7.25. The van der Waals surface area contributed by atoms with E-state index in [1.165, 1.54) is 80.7 Å². The molecule has 260 valence electrons. The Morgan fingerprint density at radius 2 is 0.855 bits per heavy atom. The van der Waals surface area contributed by atoms with E-state index < -0.39 is 0 Å². The second-order valence-electron chi connectivity index (χ2n) is 15.3. The first-order valence-corrected chi connectivity index (χ1v) is 19.7. The van der Waals surface area contributed by atoms with E-state index in [2.05, 4.69) is 181 Å². The maximum Gasteiger partial charge on any atom is 0.151 e. The Labute approximate surface area is 322 Å². The molecule has 55 heavy (non-hydrogen) atoms. The van der Waals surface area contributed by atoms with Crippen molar-refractivity contribution in [3.63, 3.8) is 0 Å². The van der Waals surface area contributed by atoms with Gasteiger partial charge >= 0.3 is 0 Å². The van der Waals surface area contributed by atoms with Gasteiger partial charge in [-0.2, -0.15) is 0 Å². The van der Waals surface area contributed by atoms with Gasteiger partial charge in [0.15, 0.2) is 11.5 Å². The Hall–Kier alpha value is -6.62. The maximum absolute atomic E-state index is 6.45. The number of para-hydroxylation sites is 5. The Bertz CT molecular complexity index is 3200. The molecule has 0 radical (unpaired) electrons. The van der Waals surface area contributed by atoms with Crippen LogP contribution < -0.4 is 14.5 Å². The number of nitrogens with zero attached hydrogens (tertiary/aromatic N) is 2. The molecule has 0 N–H and O–H groups in total. The third kappa shape index (κ3) is 4.26. The van der Waals surface area contributed by atoms with E-state index in [1.807, 2.05) is 23.5 Å². The number of hydrogen-bond donors (Lipinski definition) is 0. The molecule has 9 aromatic carbocycles. The number of thiophene rings is 1. The van der Waals surface area contributed by atoms with E-state index in [0.717, 1.165) is 28.6 Å². The normalized spacial score (nSPS) is 14.2. The van der Waals surface area contributed by atoms with E-state index in [0.29, 0.717) is 0 Å². The summed E-state index contributed by atoms with van der Waals surface area (Å²) in [6.45, 7) is 4.77. The van der Waals surface area contributed by atoms with Gasteiger partial charge in [0.25, 0.3) is 0 Å². The van der Waals surface area contributed by atoms with Crippen molar-refractivity contribution in [1.82, 2.24) is 0 Å². The number of hydrogen-bond acceptors (Lipinski definition) is 4. The highest BCUT2D eigenvalue weighted by Gasteiger charge is 2.38. The lowest BCUT2D eigenvalue weighted by Crippen LogP contribution is -2.30. The number of fused-ring (bicyclic) bond motifs is 12. The first-order valence-electron chi connectivity index (χ1n) is 18.9. The molecule has 2 aliphatic heterocycles. The van der Waals surface area contributed by atoms with Gasteiger partial charge in [-0.15, -0.1) is 11.3 Å². The molecule has 3 nitrogen and oxygen atoms in total. The van der Waals surface area contributed by atoms with Crippen molar-refractivity contribution in [2.45, 2.75) is 19.3 Å². The average molecular weight is 723 g/mol. The van der Waals surface area contributed by atoms with Crippen LogP contribution in [0.15, 0.2) is 170 Å². The van der Waals surface area contributed by atoms with Crippen LogP contribution in [0.3, 0.4) is 0 Å². The fraction of sp³-hybridized carbons (Fsp3) is 0.0588. The summed E-state index contributed by atoms with van der Waals surface area (Å²) in [5.41, 5.74) is 9.33. The molecule has 0 atom stereocenters. The van der Waals surface area contributed by atoms with E-state index in [9.17, 15) is 0 Å². The topological polar surface area (TPSA) is 15.7 Å². The monoisotopic (exact) mass is 722 g/mol. The van der Waals surface area contributed by atoms with Gasteiger partial charge in [0.1, 0.15) is 0 Å². The van der Waals surface area contributed by atoms with Gasteiger partial charge in [0.05, 0.1) is 34.1 Å². The molecule has 0 amide bonds. The number of rotatable bonds is 2. The van der Waals surface area contributed by atoms with Gasteiger partial charge < -0.3 is 14.5 Å². The zero-order valence-corrected chi connectivity index (χ0v) is 31.2. The summed E-state index contributed by atoms with van der Waals surface area (Å²) < 4.78 is 9.09. The van der Waals surface area contributed by atoms with E-state index in [1.54, 1.807) is 0 Å². The molecule has 3 heterocycles. The first-order chi connectivity index (χ1) is 27.0. The van der Waals surface area contributed by atoms with Gasteiger partial charge in [0.2, 0.25) is 0 Å². The molecule has 0 saturated heterocycles. The highest BCUT2D eigenvalue weighted by atomic mass is 32.1. The molecule has 1 aromatic heterocycles. The van der Waals surface area contributed by atoms with Crippen LogP contribution in [0.25, 0.3) is 52.5 Å². The van der Waals surface area contributed by atoms with E-state index >= 15 is 0 Å². The average Bonchev–Trinajstić information content (AvgIpc) is 3.60. The lowest BCUT2D eigenvalue weighted by molar-refractivity contribution is 0.477. The minimum atomic E-state index is -0.196. The minimum absolute atomic E-state index is 0.196. The second-order valence-corrected chi connectivity index (χ2v) is 16.4. The van der Waals surface area contributed by atoms with Gasteiger partial charge in [-0.3, -0.25) is 0 Å². The van der Waals surface area contributed by atoms with Crippen LogP contribution in [0.1, 0.15) is 25.0 Å². The minimum Gasteiger partial charge on any atom is -0.453 e. The largest absolute Gasteiger partial charge is 0.453 e. The van der Waals surface area contributed by atoms with Gasteiger partial charge in [-0.05, 0) is 93.3 Å². The molecular formula is C51H34N2OS. The fourth-order valence-electron chi connectivity index (χ4n) is 9.42. The molecule has 0 fully saturated rings. The van der Waals surface area contributed by atoms with Gasteiger partial charge in [0, 0.05) is 36.4 Å². The molecule has 0 aliphatic carbocycles. The Morgan fingerprint density at radius 3 is 1.49 bits per heavy atom. The van der Waals surface area contributed by atoms with Crippen LogP contribution in [-0.4, -0.2) is 0 Å². The Morgan fingerprint density at radius 1 is 0.364 bits per heavy atom. The summed E-state index contributed by atoms with van der Waals surface area (Å²) in [6.07, 6.45) is 0. The van der Waals surface area contributed by atoms with Crippen molar-refractivity contribution in [1.29, 1.82) is 0 Å². The smallest absolute Gasteiger partial charge is 0.151 e. The Kier molecular flexibility index (Phi) is 6.27. The van der Waals surface area contributed by atoms with Crippen LogP contribution in [0.4, 0.5) is 34.1 Å². The molecule has 12 rings (SSSR count). The molecular weight excluding hydrogens is 689 g/mol. The zero-order valence-electron chi connectivity index (χ0n) is 30.4. The molecule has 0 bridgehead atoms. The third-order valence-corrected chi connectivity index (χ3v) is 13.1. The van der Waals surface area contributed by atoms with E-state index in [-0.39, 0.29) is 5.41 Å². The molecule has 0 unspecified atom stereocenters. The van der Waals surface area contributed by atoms with Gasteiger partial charge in [-0.25, -0.2) is 0 Å². The maximum atomic E-state index is 6.45. The van der Waals surface area contributed by atoms with Crippen LogP contribution >= 0.6 is 11.3 Å². The Balaban J connectivity index is 1.18. The predicted octanol–water partition coefficient (Wildman–Crippen LogP) is 15.2. The third-order valence-electron chi connectivity index (χ3n) is 12.0. The van der Waals surface area contributed by atoms with Crippen LogP contribution in [0.5, 0.6) is 11.5 Å². The SMILES string of the molecule is CC1(C)c2ccccc2N(c2cc3c4ccccc4c(N4c5ccccc5Oc5ccccc54)cc3c3ccccc23)c2cc3sc4ccccc4c3cc21. The van der Waals surface area contributed by atoms with Crippen molar-refractivity contribution >= 4 is 98.0 Å². The van der Waals surface area contributed by atoms with E-state index in [4.69, 9.17) is 4.74 Å². The van der Waals surface area contributed by atoms with Crippen molar-refractivity contribution in [2.75, 3.05) is 9.80 Å². The number of anilines is 6. The summed E-state index contributed by atoms with van der Waals surface area (Å²) in [5.74, 6) is 1.70. The fourth-order valence-corrected chi connectivity index (χ4v) is 10.5. The molecule has 0 spiro atoms.